The first-order chi connectivity index (χ1) is 10.2. The molecular weight excluding hydrogens is 266 g/mol. The fourth-order valence-corrected chi connectivity index (χ4v) is 2.57. The Morgan fingerprint density at radius 3 is 2.90 bits per heavy atom. The van der Waals surface area contributed by atoms with Crippen LogP contribution < -0.4 is 10.1 Å². The number of para-hydroxylation sites is 2. The van der Waals surface area contributed by atoms with Gasteiger partial charge in [-0.25, -0.2) is 0 Å². The van der Waals surface area contributed by atoms with E-state index in [1.807, 2.05) is 24.3 Å². The number of nitrogens with one attached hydrogen (secondary N) is 1. The Balaban J connectivity index is 1.85. The van der Waals surface area contributed by atoms with Gasteiger partial charge in [0.05, 0.1) is 18.2 Å². The van der Waals surface area contributed by atoms with Crippen molar-refractivity contribution in [2.24, 2.45) is 0 Å². The lowest BCUT2D eigenvalue weighted by Crippen LogP contribution is -2.32. The monoisotopic (exact) mass is 283 g/mol. The van der Waals surface area contributed by atoms with Crippen LogP contribution in [0, 0.1) is 6.92 Å². The summed E-state index contributed by atoms with van der Waals surface area (Å²) in [6.45, 7) is 2.34. The Kier molecular flexibility index (Phi) is 3.52. The number of hydrogen-bond acceptors (Lipinski definition) is 3. The lowest BCUT2D eigenvalue weighted by molar-refractivity contribution is 0.0922. The van der Waals surface area contributed by atoms with Crippen LogP contribution in [0.1, 0.15) is 33.9 Å². The Bertz CT molecular complexity index is 681. The number of phenols is 1. The van der Waals surface area contributed by atoms with Crippen molar-refractivity contribution in [1.82, 2.24) is 5.32 Å². The Morgan fingerprint density at radius 1 is 1.24 bits per heavy atom. The number of hydrogen-bond donors (Lipinski definition) is 2. The average molecular weight is 283 g/mol. The van der Waals surface area contributed by atoms with Gasteiger partial charge in [-0.3, -0.25) is 4.79 Å². The van der Waals surface area contributed by atoms with Crippen LogP contribution in [-0.4, -0.2) is 17.6 Å². The second-order valence-electron chi connectivity index (χ2n) is 5.17. The minimum absolute atomic E-state index is 0.0374. The molecular formula is C17H17NO3. The third-order valence-electron chi connectivity index (χ3n) is 3.75. The number of aryl methyl sites for hydroxylation is 1. The summed E-state index contributed by atoms with van der Waals surface area (Å²) >= 11 is 0. The van der Waals surface area contributed by atoms with Gasteiger partial charge in [-0.2, -0.15) is 0 Å². The van der Waals surface area contributed by atoms with Crippen LogP contribution in [0.2, 0.25) is 0 Å². The Labute approximate surface area is 123 Å². The third kappa shape index (κ3) is 2.57. The van der Waals surface area contributed by atoms with Crippen molar-refractivity contribution in [2.45, 2.75) is 19.4 Å². The molecule has 0 spiro atoms. The van der Waals surface area contributed by atoms with Crippen molar-refractivity contribution in [2.75, 3.05) is 6.61 Å². The maximum atomic E-state index is 12.4. The van der Waals surface area contributed by atoms with Gasteiger partial charge >= 0.3 is 0 Å². The minimum Gasteiger partial charge on any atom is -0.507 e. The van der Waals surface area contributed by atoms with Crippen LogP contribution in [-0.2, 0) is 0 Å². The highest BCUT2D eigenvalue weighted by Crippen LogP contribution is 2.32. The molecule has 0 saturated carbocycles. The zero-order chi connectivity index (χ0) is 14.8. The van der Waals surface area contributed by atoms with E-state index in [0.29, 0.717) is 17.7 Å². The van der Waals surface area contributed by atoms with Gasteiger partial charge in [0.1, 0.15) is 11.5 Å². The summed E-state index contributed by atoms with van der Waals surface area (Å²) in [6, 6.07) is 12.8. The van der Waals surface area contributed by atoms with E-state index < -0.39 is 0 Å². The maximum absolute atomic E-state index is 12.4. The molecule has 0 aliphatic carbocycles. The first-order valence-corrected chi connectivity index (χ1v) is 6.98. The van der Waals surface area contributed by atoms with Crippen molar-refractivity contribution < 1.29 is 14.6 Å². The van der Waals surface area contributed by atoms with Crippen LogP contribution in [0.25, 0.3) is 0 Å². The predicted molar refractivity (Wildman–Crippen MR) is 79.6 cm³/mol. The van der Waals surface area contributed by atoms with Crippen molar-refractivity contribution in [1.29, 1.82) is 0 Å². The standard InChI is InChI=1S/C17H17NO3/c1-11-5-4-7-13(16(11)19)17(20)18-14-9-10-21-15-8-3-2-6-12(14)15/h2-8,14,19H,9-10H2,1H3,(H,18,20). The molecule has 2 aromatic rings. The molecule has 21 heavy (non-hydrogen) atoms. The molecule has 1 heterocycles. The highest BCUT2D eigenvalue weighted by molar-refractivity contribution is 5.97. The fraction of sp³-hybridized carbons (Fsp3) is 0.235. The molecule has 2 aromatic carbocycles. The van der Waals surface area contributed by atoms with E-state index in [1.165, 1.54) is 0 Å². The topological polar surface area (TPSA) is 58.6 Å². The van der Waals surface area contributed by atoms with Crippen LogP contribution in [0.4, 0.5) is 0 Å². The number of ether oxygens (including phenoxy) is 1. The van der Waals surface area contributed by atoms with Gasteiger partial charge in [0.25, 0.3) is 5.91 Å². The molecule has 1 aliphatic rings. The molecule has 0 aromatic heterocycles. The van der Waals surface area contributed by atoms with Gasteiger partial charge in [-0.05, 0) is 24.6 Å². The lowest BCUT2D eigenvalue weighted by Gasteiger charge is -2.26. The normalized spacial score (nSPS) is 16.7. The molecule has 108 valence electrons. The first kappa shape index (κ1) is 13.5. The summed E-state index contributed by atoms with van der Waals surface area (Å²) in [7, 11) is 0. The summed E-state index contributed by atoms with van der Waals surface area (Å²) in [5.41, 5.74) is 1.97. The molecule has 1 amide bonds. The zero-order valence-electron chi connectivity index (χ0n) is 11.8. The predicted octanol–water partition coefficient (Wildman–Crippen LogP) is 2.95. The number of phenolic OH excluding ortho intramolecular Hbond substituents is 1. The number of amides is 1. The lowest BCUT2D eigenvalue weighted by atomic mass is 10.00. The first-order valence-electron chi connectivity index (χ1n) is 6.98. The molecule has 0 saturated heterocycles. The SMILES string of the molecule is Cc1cccc(C(=O)NC2CCOc3ccccc32)c1O. The number of fused-ring (bicyclic) bond motifs is 1. The smallest absolute Gasteiger partial charge is 0.255 e. The summed E-state index contributed by atoms with van der Waals surface area (Å²) in [4.78, 5) is 12.4. The Morgan fingerprint density at radius 2 is 2.05 bits per heavy atom. The van der Waals surface area contributed by atoms with Gasteiger partial charge in [0, 0.05) is 12.0 Å². The zero-order valence-corrected chi connectivity index (χ0v) is 11.8. The van der Waals surface area contributed by atoms with E-state index in [1.54, 1.807) is 25.1 Å². The van der Waals surface area contributed by atoms with E-state index in [2.05, 4.69) is 5.32 Å². The minimum atomic E-state index is -0.266. The second-order valence-corrected chi connectivity index (χ2v) is 5.17. The number of aromatic hydroxyl groups is 1. The molecule has 4 heteroatoms. The van der Waals surface area contributed by atoms with Gasteiger partial charge in [-0.1, -0.05) is 30.3 Å². The Hall–Kier alpha value is -2.49. The van der Waals surface area contributed by atoms with Gasteiger partial charge in [0.2, 0.25) is 0 Å². The van der Waals surface area contributed by atoms with Crippen LogP contribution in [0.3, 0.4) is 0 Å². The molecule has 1 aliphatic heterocycles. The molecule has 4 nitrogen and oxygen atoms in total. The molecule has 3 rings (SSSR count). The van der Waals surface area contributed by atoms with E-state index in [-0.39, 0.29) is 17.7 Å². The summed E-state index contributed by atoms with van der Waals surface area (Å²) in [5, 5.41) is 13.0. The average Bonchev–Trinajstić information content (AvgIpc) is 2.50. The number of rotatable bonds is 2. The molecule has 0 bridgehead atoms. The molecule has 0 fully saturated rings. The van der Waals surface area contributed by atoms with Gasteiger partial charge < -0.3 is 15.2 Å². The second kappa shape index (κ2) is 5.48. The van der Waals surface area contributed by atoms with Crippen molar-refractivity contribution in [3.63, 3.8) is 0 Å². The molecule has 2 N–H and O–H groups in total. The van der Waals surface area contributed by atoms with E-state index in [0.717, 1.165) is 17.7 Å². The highest BCUT2D eigenvalue weighted by atomic mass is 16.5. The highest BCUT2D eigenvalue weighted by Gasteiger charge is 2.24. The van der Waals surface area contributed by atoms with E-state index >= 15 is 0 Å². The molecule has 1 atom stereocenters. The van der Waals surface area contributed by atoms with Crippen molar-refractivity contribution >= 4 is 5.91 Å². The third-order valence-corrected chi connectivity index (χ3v) is 3.75. The largest absolute Gasteiger partial charge is 0.507 e. The fourth-order valence-electron chi connectivity index (χ4n) is 2.57. The summed E-state index contributed by atoms with van der Waals surface area (Å²) in [6.07, 6.45) is 0.718. The quantitative estimate of drug-likeness (QED) is 0.891. The van der Waals surface area contributed by atoms with Crippen LogP contribution in [0.15, 0.2) is 42.5 Å². The van der Waals surface area contributed by atoms with Gasteiger partial charge in [0.15, 0.2) is 0 Å². The van der Waals surface area contributed by atoms with E-state index in [9.17, 15) is 9.90 Å². The van der Waals surface area contributed by atoms with Crippen LogP contribution in [0.5, 0.6) is 11.5 Å². The number of carbonyl (C=O) groups excluding carboxylic acids is 1. The number of carbonyl (C=O) groups is 1. The van der Waals surface area contributed by atoms with Gasteiger partial charge in [-0.15, -0.1) is 0 Å². The number of benzene rings is 2. The van der Waals surface area contributed by atoms with Crippen molar-refractivity contribution in [3.8, 4) is 11.5 Å². The van der Waals surface area contributed by atoms with Crippen molar-refractivity contribution in [3.05, 3.63) is 59.2 Å². The molecule has 1 unspecified atom stereocenters. The van der Waals surface area contributed by atoms with Crippen LogP contribution >= 0.6 is 0 Å². The van der Waals surface area contributed by atoms with E-state index in [4.69, 9.17) is 4.74 Å². The summed E-state index contributed by atoms with van der Waals surface area (Å²) in [5.74, 6) is 0.579. The summed E-state index contributed by atoms with van der Waals surface area (Å²) < 4.78 is 5.58. The molecule has 0 radical (unpaired) electrons. The maximum Gasteiger partial charge on any atom is 0.255 e.